The number of hydrogen-bond acceptors (Lipinski definition) is 4. The van der Waals surface area contributed by atoms with Crippen molar-refractivity contribution in [3.63, 3.8) is 0 Å². The first kappa shape index (κ1) is 15.8. The molecule has 0 atom stereocenters. The van der Waals surface area contributed by atoms with Gasteiger partial charge in [0.25, 0.3) is 5.91 Å². The van der Waals surface area contributed by atoms with Crippen LogP contribution in [0.3, 0.4) is 0 Å². The zero-order valence-electron chi connectivity index (χ0n) is 11.1. The van der Waals surface area contributed by atoms with Gasteiger partial charge in [0.05, 0.1) is 11.7 Å². The van der Waals surface area contributed by atoms with E-state index in [4.69, 9.17) is 16.3 Å². The van der Waals surface area contributed by atoms with Crippen LogP contribution in [0.1, 0.15) is 10.4 Å². The average Bonchev–Trinajstić information content (AvgIpc) is 2.46. The quantitative estimate of drug-likeness (QED) is 0.911. The minimum Gasteiger partial charge on any atom is -0.545 e. The molecule has 0 aromatic heterocycles. The molecule has 0 bridgehead atoms. The lowest BCUT2D eigenvalue weighted by atomic mass is 10.2. The van der Waals surface area contributed by atoms with Crippen LogP contribution in [0, 0.1) is 5.82 Å². The van der Waals surface area contributed by atoms with Crippen LogP contribution in [0.25, 0.3) is 0 Å². The Labute approximate surface area is 130 Å². The standard InChI is InChI=1S/C15H11ClFNO4/c16-9-1-6-12(15(20)21)13(7-9)18-14(19)8-22-11-4-2-10(17)3-5-11/h1-7H,8H2,(H,18,19)(H,20,21)/p-1. The third-order valence-electron chi connectivity index (χ3n) is 2.66. The molecule has 0 fully saturated rings. The van der Waals surface area contributed by atoms with Gasteiger partial charge in [0.2, 0.25) is 0 Å². The Morgan fingerprint density at radius 3 is 2.50 bits per heavy atom. The summed E-state index contributed by atoms with van der Waals surface area (Å²) in [5, 5.41) is 13.6. The number of carboxylic acid groups (broad SMARTS) is 1. The summed E-state index contributed by atoms with van der Waals surface area (Å²) in [4.78, 5) is 22.7. The number of hydrogen-bond donors (Lipinski definition) is 1. The van der Waals surface area contributed by atoms with Crippen molar-refractivity contribution in [2.45, 2.75) is 0 Å². The Morgan fingerprint density at radius 2 is 1.86 bits per heavy atom. The predicted octanol–water partition coefficient (Wildman–Crippen LogP) is 1.86. The highest BCUT2D eigenvalue weighted by atomic mass is 35.5. The SMILES string of the molecule is O=C(COc1ccc(F)cc1)Nc1cc(Cl)ccc1C(=O)[O-]. The van der Waals surface area contributed by atoms with E-state index in [9.17, 15) is 19.1 Å². The smallest absolute Gasteiger partial charge is 0.262 e. The zero-order valence-corrected chi connectivity index (χ0v) is 11.9. The number of carboxylic acids is 1. The van der Waals surface area contributed by atoms with Gasteiger partial charge in [-0.2, -0.15) is 0 Å². The van der Waals surface area contributed by atoms with E-state index in [1.54, 1.807) is 0 Å². The Kier molecular flexibility index (Phi) is 4.95. The molecule has 5 nitrogen and oxygen atoms in total. The van der Waals surface area contributed by atoms with E-state index in [1.807, 2.05) is 0 Å². The summed E-state index contributed by atoms with van der Waals surface area (Å²) in [6, 6.07) is 9.02. The molecule has 7 heteroatoms. The first-order chi connectivity index (χ1) is 10.5. The van der Waals surface area contributed by atoms with Gasteiger partial charge in [0.15, 0.2) is 6.61 Å². The number of amides is 1. The molecule has 0 saturated heterocycles. The van der Waals surface area contributed by atoms with Gasteiger partial charge in [-0.1, -0.05) is 11.6 Å². The summed E-state index contributed by atoms with van der Waals surface area (Å²) in [5.41, 5.74) is -0.181. The number of ether oxygens (including phenoxy) is 1. The van der Waals surface area contributed by atoms with Gasteiger partial charge < -0.3 is 20.0 Å². The zero-order chi connectivity index (χ0) is 16.1. The highest BCUT2D eigenvalue weighted by Gasteiger charge is 2.09. The van der Waals surface area contributed by atoms with Crippen LogP contribution in [-0.4, -0.2) is 18.5 Å². The van der Waals surface area contributed by atoms with Crippen molar-refractivity contribution in [2.24, 2.45) is 0 Å². The molecule has 2 aromatic rings. The molecule has 0 heterocycles. The molecule has 0 aliphatic carbocycles. The van der Waals surface area contributed by atoms with Gasteiger partial charge in [0, 0.05) is 10.6 Å². The lowest BCUT2D eigenvalue weighted by Crippen LogP contribution is -2.26. The maximum atomic E-state index is 12.7. The largest absolute Gasteiger partial charge is 0.545 e. The normalized spacial score (nSPS) is 10.1. The fraction of sp³-hybridized carbons (Fsp3) is 0.0667. The summed E-state index contributed by atoms with van der Waals surface area (Å²) in [7, 11) is 0. The van der Waals surface area contributed by atoms with E-state index in [2.05, 4.69) is 5.32 Å². The second-order valence-corrected chi connectivity index (χ2v) is 4.70. The summed E-state index contributed by atoms with van der Waals surface area (Å²) >= 11 is 5.76. The first-order valence-corrected chi connectivity index (χ1v) is 6.52. The molecule has 1 N–H and O–H groups in total. The predicted molar refractivity (Wildman–Crippen MR) is 76.3 cm³/mol. The van der Waals surface area contributed by atoms with Crippen LogP contribution in [0.5, 0.6) is 5.75 Å². The Hall–Kier alpha value is -2.60. The maximum Gasteiger partial charge on any atom is 0.262 e. The number of aromatic carboxylic acids is 1. The molecule has 2 rings (SSSR count). The molecule has 0 spiro atoms. The highest BCUT2D eigenvalue weighted by molar-refractivity contribution is 6.31. The first-order valence-electron chi connectivity index (χ1n) is 6.15. The number of rotatable bonds is 5. The molecular formula is C15H10ClFNO4-. The summed E-state index contributed by atoms with van der Waals surface area (Å²) in [6.45, 7) is -0.370. The lowest BCUT2D eigenvalue weighted by Gasteiger charge is -2.12. The molecule has 2 aromatic carbocycles. The van der Waals surface area contributed by atoms with Gasteiger partial charge in [-0.15, -0.1) is 0 Å². The average molecular weight is 323 g/mol. The monoisotopic (exact) mass is 322 g/mol. The fourth-order valence-electron chi connectivity index (χ4n) is 1.66. The third kappa shape index (κ3) is 4.20. The van der Waals surface area contributed by atoms with Crippen LogP contribution in [0.2, 0.25) is 5.02 Å². The van der Waals surface area contributed by atoms with Crippen molar-refractivity contribution in [1.82, 2.24) is 0 Å². The second-order valence-electron chi connectivity index (χ2n) is 4.27. The number of nitrogens with one attached hydrogen (secondary N) is 1. The van der Waals surface area contributed by atoms with Crippen molar-refractivity contribution < 1.29 is 23.8 Å². The molecule has 0 aliphatic rings. The minimum atomic E-state index is -1.44. The minimum absolute atomic E-state index is 0.0141. The van der Waals surface area contributed by atoms with Crippen molar-refractivity contribution in [3.8, 4) is 5.75 Å². The van der Waals surface area contributed by atoms with E-state index in [-0.39, 0.29) is 22.9 Å². The van der Waals surface area contributed by atoms with Crippen molar-refractivity contribution in [2.75, 3.05) is 11.9 Å². The topological polar surface area (TPSA) is 78.5 Å². The van der Waals surface area contributed by atoms with E-state index < -0.39 is 17.7 Å². The Bertz CT molecular complexity index is 703. The van der Waals surface area contributed by atoms with Crippen LogP contribution in [0.4, 0.5) is 10.1 Å². The summed E-state index contributed by atoms with van der Waals surface area (Å²) < 4.78 is 17.9. The molecule has 0 radical (unpaired) electrons. The molecule has 0 saturated carbocycles. The molecule has 22 heavy (non-hydrogen) atoms. The number of carbonyl (C=O) groups excluding carboxylic acids is 2. The van der Waals surface area contributed by atoms with Gasteiger partial charge >= 0.3 is 0 Å². The van der Waals surface area contributed by atoms with Crippen LogP contribution < -0.4 is 15.2 Å². The number of carbonyl (C=O) groups is 2. The van der Waals surface area contributed by atoms with E-state index in [0.29, 0.717) is 5.75 Å². The van der Waals surface area contributed by atoms with Crippen molar-refractivity contribution in [3.05, 3.63) is 58.9 Å². The second kappa shape index (κ2) is 6.91. The molecule has 0 aliphatic heterocycles. The third-order valence-corrected chi connectivity index (χ3v) is 2.89. The maximum absolute atomic E-state index is 12.7. The van der Waals surface area contributed by atoms with Gasteiger partial charge in [0.1, 0.15) is 11.6 Å². The van der Waals surface area contributed by atoms with Crippen molar-refractivity contribution in [1.29, 1.82) is 0 Å². The van der Waals surface area contributed by atoms with Crippen LogP contribution in [-0.2, 0) is 4.79 Å². The molecular weight excluding hydrogens is 313 g/mol. The number of benzene rings is 2. The summed E-state index contributed by atoms with van der Waals surface area (Å²) in [6.07, 6.45) is 0. The van der Waals surface area contributed by atoms with Gasteiger partial charge in [-0.05, 0) is 42.5 Å². The van der Waals surface area contributed by atoms with E-state index in [1.165, 1.54) is 42.5 Å². The van der Waals surface area contributed by atoms with E-state index >= 15 is 0 Å². The fourth-order valence-corrected chi connectivity index (χ4v) is 1.84. The number of halogens is 2. The molecule has 1 amide bonds. The van der Waals surface area contributed by atoms with Crippen LogP contribution >= 0.6 is 11.6 Å². The van der Waals surface area contributed by atoms with E-state index in [0.717, 1.165) is 0 Å². The molecule has 0 unspecified atom stereocenters. The lowest BCUT2D eigenvalue weighted by molar-refractivity contribution is -0.254. The molecule has 114 valence electrons. The highest BCUT2D eigenvalue weighted by Crippen LogP contribution is 2.20. The van der Waals surface area contributed by atoms with Gasteiger partial charge in [-0.25, -0.2) is 4.39 Å². The van der Waals surface area contributed by atoms with Crippen LogP contribution in [0.15, 0.2) is 42.5 Å². The number of anilines is 1. The Morgan fingerprint density at radius 1 is 1.18 bits per heavy atom. The summed E-state index contributed by atoms with van der Waals surface area (Å²) in [5.74, 6) is -2.14. The van der Waals surface area contributed by atoms with Crippen molar-refractivity contribution >= 4 is 29.2 Å². The van der Waals surface area contributed by atoms with Gasteiger partial charge in [-0.3, -0.25) is 4.79 Å². The Balaban J connectivity index is 2.01.